The van der Waals surface area contributed by atoms with Crippen LogP contribution in [-0.2, 0) is 5.60 Å². The summed E-state index contributed by atoms with van der Waals surface area (Å²) in [6, 6.07) is 4.70. The zero-order chi connectivity index (χ0) is 12.7. The summed E-state index contributed by atoms with van der Waals surface area (Å²) in [6.45, 7) is 6.39. The highest BCUT2D eigenvalue weighted by Crippen LogP contribution is 2.45. The molecule has 0 heterocycles. The Hall–Kier alpha value is -0.890. The van der Waals surface area contributed by atoms with E-state index < -0.39 is 5.60 Å². The maximum absolute atomic E-state index is 13.3. The van der Waals surface area contributed by atoms with Gasteiger partial charge in [-0.25, -0.2) is 4.39 Å². The molecule has 0 unspecified atom stereocenters. The van der Waals surface area contributed by atoms with Gasteiger partial charge in [-0.3, -0.25) is 0 Å². The van der Waals surface area contributed by atoms with E-state index in [-0.39, 0.29) is 5.82 Å². The van der Waals surface area contributed by atoms with E-state index in [0.717, 1.165) is 36.8 Å². The Morgan fingerprint density at radius 2 is 1.71 bits per heavy atom. The van der Waals surface area contributed by atoms with E-state index in [4.69, 9.17) is 0 Å². The molecule has 1 aromatic carbocycles. The summed E-state index contributed by atoms with van der Waals surface area (Å²) in [5.74, 6) is -0.260. The number of hydrogen-bond donors (Lipinski definition) is 1. The summed E-state index contributed by atoms with van der Waals surface area (Å²) in [5.41, 5.74) is 1.22. The van der Waals surface area contributed by atoms with Crippen molar-refractivity contribution in [3.63, 3.8) is 0 Å². The van der Waals surface area contributed by atoms with Crippen LogP contribution in [0.25, 0.3) is 0 Å². The number of rotatable bonds is 1. The van der Waals surface area contributed by atoms with Gasteiger partial charge in [0.05, 0.1) is 5.60 Å². The lowest BCUT2D eigenvalue weighted by Crippen LogP contribution is -2.35. The summed E-state index contributed by atoms with van der Waals surface area (Å²) >= 11 is 0. The quantitative estimate of drug-likeness (QED) is 0.783. The molecule has 0 aromatic heterocycles. The molecule has 2 heteroatoms. The van der Waals surface area contributed by atoms with Crippen LogP contribution in [0.4, 0.5) is 4.39 Å². The number of hydrogen-bond acceptors (Lipinski definition) is 1. The monoisotopic (exact) mass is 236 g/mol. The fraction of sp³-hybridized carbons (Fsp3) is 0.600. The molecule has 0 radical (unpaired) electrons. The summed E-state index contributed by atoms with van der Waals surface area (Å²) < 4.78 is 13.3. The zero-order valence-electron chi connectivity index (χ0n) is 10.9. The Kier molecular flexibility index (Phi) is 3.03. The molecule has 1 nitrogen and oxygen atoms in total. The molecule has 0 amide bonds. The second-order valence-electron chi connectivity index (χ2n) is 6.16. The molecule has 0 saturated heterocycles. The van der Waals surface area contributed by atoms with Crippen molar-refractivity contribution < 1.29 is 9.50 Å². The molecule has 1 aliphatic carbocycles. The Morgan fingerprint density at radius 3 is 2.29 bits per heavy atom. The van der Waals surface area contributed by atoms with Crippen LogP contribution in [0.3, 0.4) is 0 Å². The molecule has 1 aliphatic rings. The van der Waals surface area contributed by atoms with Crippen LogP contribution in [0.5, 0.6) is 0 Å². The maximum atomic E-state index is 13.3. The lowest BCUT2D eigenvalue weighted by atomic mass is 9.68. The van der Waals surface area contributed by atoms with Gasteiger partial charge in [0.15, 0.2) is 0 Å². The van der Waals surface area contributed by atoms with E-state index >= 15 is 0 Å². The highest BCUT2D eigenvalue weighted by molar-refractivity contribution is 5.32. The van der Waals surface area contributed by atoms with Crippen LogP contribution in [0, 0.1) is 18.2 Å². The number of benzene rings is 1. The largest absolute Gasteiger partial charge is 0.385 e. The topological polar surface area (TPSA) is 20.2 Å². The second kappa shape index (κ2) is 4.09. The van der Waals surface area contributed by atoms with Gasteiger partial charge in [-0.15, -0.1) is 0 Å². The molecule has 1 saturated carbocycles. The molecular formula is C15H21FO. The SMILES string of the molecule is Cc1ccc(F)cc1C1(O)CCC(C)(C)CC1. The summed E-state index contributed by atoms with van der Waals surface area (Å²) in [5, 5.41) is 10.7. The van der Waals surface area contributed by atoms with E-state index in [1.807, 2.05) is 6.92 Å². The molecule has 0 bridgehead atoms. The van der Waals surface area contributed by atoms with Crippen molar-refractivity contribution in [1.82, 2.24) is 0 Å². The van der Waals surface area contributed by atoms with Crippen LogP contribution in [0.15, 0.2) is 18.2 Å². The fourth-order valence-electron chi connectivity index (χ4n) is 2.71. The Balaban J connectivity index is 2.30. The van der Waals surface area contributed by atoms with Crippen molar-refractivity contribution in [3.05, 3.63) is 35.1 Å². The molecule has 1 aromatic rings. The van der Waals surface area contributed by atoms with Gasteiger partial charge in [0.1, 0.15) is 5.82 Å². The van der Waals surface area contributed by atoms with E-state index in [1.165, 1.54) is 12.1 Å². The van der Waals surface area contributed by atoms with Crippen molar-refractivity contribution in [2.75, 3.05) is 0 Å². The summed E-state index contributed by atoms with van der Waals surface area (Å²) in [7, 11) is 0. The minimum absolute atomic E-state index is 0.260. The number of aliphatic hydroxyl groups is 1. The first kappa shape index (κ1) is 12.6. The van der Waals surface area contributed by atoms with Crippen LogP contribution in [0.1, 0.15) is 50.7 Å². The van der Waals surface area contributed by atoms with Crippen molar-refractivity contribution in [1.29, 1.82) is 0 Å². The van der Waals surface area contributed by atoms with E-state index in [2.05, 4.69) is 13.8 Å². The maximum Gasteiger partial charge on any atom is 0.123 e. The Bertz CT molecular complexity index is 413. The standard InChI is InChI=1S/C15H21FO/c1-11-4-5-12(16)10-13(11)15(17)8-6-14(2,3)7-9-15/h4-5,10,17H,6-9H2,1-3H3. The van der Waals surface area contributed by atoms with Crippen LogP contribution >= 0.6 is 0 Å². The molecule has 17 heavy (non-hydrogen) atoms. The Labute approximate surface area is 103 Å². The second-order valence-corrected chi connectivity index (χ2v) is 6.16. The van der Waals surface area contributed by atoms with Gasteiger partial charge in [-0.1, -0.05) is 19.9 Å². The molecule has 1 fully saturated rings. The summed E-state index contributed by atoms with van der Waals surface area (Å²) in [6.07, 6.45) is 3.42. The van der Waals surface area contributed by atoms with Gasteiger partial charge < -0.3 is 5.11 Å². The van der Waals surface area contributed by atoms with Gasteiger partial charge >= 0.3 is 0 Å². The van der Waals surface area contributed by atoms with Gasteiger partial charge in [-0.2, -0.15) is 0 Å². The Morgan fingerprint density at radius 1 is 1.12 bits per heavy atom. The van der Waals surface area contributed by atoms with Gasteiger partial charge in [-0.05, 0) is 61.3 Å². The van der Waals surface area contributed by atoms with Gasteiger partial charge in [0, 0.05) is 0 Å². The molecular weight excluding hydrogens is 215 g/mol. The molecule has 1 N–H and O–H groups in total. The van der Waals surface area contributed by atoms with Crippen LogP contribution < -0.4 is 0 Å². The third kappa shape index (κ3) is 2.52. The summed E-state index contributed by atoms with van der Waals surface area (Å²) in [4.78, 5) is 0. The van der Waals surface area contributed by atoms with E-state index in [9.17, 15) is 9.50 Å². The molecule has 0 atom stereocenters. The molecule has 2 rings (SSSR count). The van der Waals surface area contributed by atoms with Crippen molar-refractivity contribution in [2.24, 2.45) is 5.41 Å². The zero-order valence-corrected chi connectivity index (χ0v) is 10.9. The fourth-order valence-corrected chi connectivity index (χ4v) is 2.71. The molecule has 0 spiro atoms. The average molecular weight is 236 g/mol. The highest BCUT2D eigenvalue weighted by atomic mass is 19.1. The first-order valence-corrected chi connectivity index (χ1v) is 6.31. The van der Waals surface area contributed by atoms with Crippen LogP contribution in [0.2, 0.25) is 0 Å². The smallest absolute Gasteiger partial charge is 0.123 e. The number of halogens is 1. The highest BCUT2D eigenvalue weighted by Gasteiger charge is 2.38. The molecule has 0 aliphatic heterocycles. The third-order valence-corrected chi connectivity index (χ3v) is 4.13. The first-order chi connectivity index (χ1) is 7.82. The van der Waals surface area contributed by atoms with Crippen molar-refractivity contribution in [3.8, 4) is 0 Å². The predicted molar refractivity (Wildman–Crippen MR) is 67.3 cm³/mol. The molecule has 94 valence electrons. The van der Waals surface area contributed by atoms with E-state index in [1.54, 1.807) is 6.07 Å². The van der Waals surface area contributed by atoms with Crippen molar-refractivity contribution in [2.45, 2.75) is 52.1 Å². The van der Waals surface area contributed by atoms with Gasteiger partial charge in [0.2, 0.25) is 0 Å². The van der Waals surface area contributed by atoms with Crippen molar-refractivity contribution >= 4 is 0 Å². The third-order valence-electron chi connectivity index (χ3n) is 4.13. The lowest BCUT2D eigenvalue weighted by molar-refractivity contribution is -0.0312. The van der Waals surface area contributed by atoms with Gasteiger partial charge in [0.25, 0.3) is 0 Å². The minimum atomic E-state index is -0.832. The normalized spacial score (nSPS) is 22.4. The number of aryl methyl sites for hydroxylation is 1. The van der Waals surface area contributed by atoms with E-state index in [0.29, 0.717) is 5.41 Å². The first-order valence-electron chi connectivity index (χ1n) is 6.31. The lowest BCUT2D eigenvalue weighted by Gasteiger charge is -2.41. The van der Waals surface area contributed by atoms with Crippen LogP contribution in [-0.4, -0.2) is 5.11 Å². The minimum Gasteiger partial charge on any atom is -0.385 e. The predicted octanol–water partition coefficient (Wildman–Crippen LogP) is 3.92. The average Bonchev–Trinajstić information content (AvgIpc) is 2.26.